The molecule has 0 aromatic heterocycles. The van der Waals surface area contributed by atoms with E-state index in [1.807, 2.05) is 4.90 Å². The number of thioether (sulfide) groups is 1. The maximum atomic E-state index is 13.2. The van der Waals surface area contributed by atoms with Crippen LogP contribution in [0.4, 0.5) is 0 Å². The summed E-state index contributed by atoms with van der Waals surface area (Å²) in [6.07, 6.45) is 4.88. The summed E-state index contributed by atoms with van der Waals surface area (Å²) in [4.78, 5) is 16.4. The molecule has 3 rings (SSSR count). The van der Waals surface area contributed by atoms with E-state index in [4.69, 9.17) is 0 Å². The van der Waals surface area contributed by atoms with E-state index < -0.39 is 9.84 Å². The van der Waals surface area contributed by atoms with Crippen LogP contribution in [0.15, 0.2) is 11.0 Å². The number of hydrogen-bond acceptors (Lipinski definition) is 4. The van der Waals surface area contributed by atoms with Gasteiger partial charge in [-0.1, -0.05) is 18.9 Å². The van der Waals surface area contributed by atoms with Crippen LogP contribution in [0.3, 0.4) is 0 Å². The van der Waals surface area contributed by atoms with Crippen LogP contribution < -0.4 is 0 Å². The average molecular weight is 410 g/mol. The van der Waals surface area contributed by atoms with E-state index in [2.05, 4.69) is 33.8 Å². The van der Waals surface area contributed by atoms with Crippen LogP contribution in [-0.2, 0) is 14.6 Å². The molecule has 0 radical (unpaired) electrons. The number of aryl methyl sites for hydroxylation is 2. The van der Waals surface area contributed by atoms with Gasteiger partial charge in [-0.25, -0.2) is 8.42 Å². The molecule has 1 heterocycles. The molecule has 4 nitrogen and oxygen atoms in total. The predicted molar refractivity (Wildman–Crippen MR) is 112 cm³/mol. The van der Waals surface area contributed by atoms with Gasteiger partial charge in [-0.05, 0) is 69.2 Å². The van der Waals surface area contributed by atoms with Crippen molar-refractivity contribution >= 4 is 27.5 Å². The van der Waals surface area contributed by atoms with Gasteiger partial charge >= 0.3 is 0 Å². The monoisotopic (exact) mass is 409 g/mol. The van der Waals surface area contributed by atoms with Gasteiger partial charge in [-0.15, -0.1) is 11.8 Å². The van der Waals surface area contributed by atoms with Crippen molar-refractivity contribution in [1.29, 1.82) is 0 Å². The van der Waals surface area contributed by atoms with Gasteiger partial charge in [0.1, 0.15) is 0 Å². The minimum Gasteiger partial charge on any atom is -0.335 e. The lowest BCUT2D eigenvalue weighted by Crippen LogP contribution is -2.47. The molecule has 1 aromatic rings. The molecule has 27 heavy (non-hydrogen) atoms. The van der Waals surface area contributed by atoms with Crippen LogP contribution in [-0.4, -0.2) is 48.6 Å². The Morgan fingerprint density at radius 3 is 2.15 bits per heavy atom. The predicted octanol–water partition coefficient (Wildman–Crippen LogP) is 3.97. The third-order valence-electron chi connectivity index (χ3n) is 6.25. The summed E-state index contributed by atoms with van der Waals surface area (Å²) in [5, 5.41) is 0. The number of benzene rings is 1. The van der Waals surface area contributed by atoms with E-state index in [9.17, 15) is 13.2 Å². The van der Waals surface area contributed by atoms with Gasteiger partial charge in [0.25, 0.3) is 0 Å². The van der Waals surface area contributed by atoms with Crippen LogP contribution in [0.2, 0.25) is 0 Å². The number of carbonyl (C=O) groups is 1. The molecule has 0 N–H and O–H groups in total. The molecule has 0 spiro atoms. The first-order valence-corrected chi connectivity index (χ1v) is 12.7. The van der Waals surface area contributed by atoms with Gasteiger partial charge in [0.2, 0.25) is 5.91 Å². The second-order valence-corrected chi connectivity index (χ2v) is 11.4. The van der Waals surface area contributed by atoms with Crippen molar-refractivity contribution in [3.05, 3.63) is 28.3 Å². The van der Waals surface area contributed by atoms with Crippen LogP contribution in [0, 0.1) is 27.7 Å². The Hall–Kier alpha value is -1.01. The highest BCUT2D eigenvalue weighted by Gasteiger charge is 2.38. The topological polar surface area (TPSA) is 54.5 Å². The van der Waals surface area contributed by atoms with Crippen LogP contribution in [0.25, 0.3) is 0 Å². The van der Waals surface area contributed by atoms with Gasteiger partial charge in [0.05, 0.1) is 17.3 Å². The SMILES string of the molecule is Cc1cc(C)c(C)c(SCC(=O)N(C2CCCC2)C2CCS(=O)(=O)C2)c1C. The highest BCUT2D eigenvalue weighted by atomic mass is 32.2. The maximum Gasteiger partial charge on any atom is 0.233 e. The lowest BCUT2D eigenvalue weighted by molar-refractivity contribution is -0.132. The molecule has 1 aliphatic carbocycles. The Morgan fingerprint density at radius 1 is 1.04 bits per heavy atom. The smallest absolute Gasteiger partial charge is 0.233 e. The van der Waals surface area contributed by atoms with Crippen molar-refractivity contribution in [2.75, 3.05) is 17.3 Å². The molecule has 1 atom stereocenters. The number of amides is 1. The first kappa shape index (κ1) is 20.7. The van der Waals surface area contributed by atoms with Crippen molar-refractivity contribution in [3.63, 3.8) is 0 Å². The maximum absolute atomic E-state index is 13.2. The van der Waals surface area contributed by atoms with Gasteiger partial charge in [-0.2, -0.15) is 0 Å². The Morgan fingerprint density at radius 2 is 1.63 bits per heavy atom. The molecular weight excluding hydrogens is 378 g/mol. The van der Waals surface area contributed by atoms with Gasteiger partial charge in [-0.3, -0.25) is 4.79 Å². The minimum atomic E-state index is -3.00. The summed E-state index contributed by atoms with van der Waals surface area (Å²) in [6.45, 7) is 8.46. The first-order valence-electron chi connectivity index (χ1n) is 9.91. The van der Waals surface area contributed by atoms with E-state index in [1.165, 1.54) is 27.1 Å². The fourth-order valence-electron chi connectivity index (χ4n) is 4.49. The largest absolute Gasteiger partial charge is 0.335 e. The number of carbonyl (C=O) groups excluding carboxylic acids is 1. The lowest BCUT2D eigenvalue weighted by atomic mass is 10.0. The van der Waals surface area contributed by atoms with E-state index in [1.54, 1.807) is 11.8 Å². The molecule has 1 aromatic carbocycles. The average Bonchev–Trinajstić information content (AvgIpc) is 3.23. The van der Waals surface area contributed by atoms with Crippen molar-refractivity contribution in [2.24, 2.45) is 0 Å². The molecular formula is C21H31NO3S2. The number of sulfone groups is 1. The summed E-state index contributed by atoms with van der Waals surface area (Å²) >= 11 is 1.62. The lowest BCUT2D eigenvalue weighted by Gasteiger charge is -2.34. The number of rotatable bonds is 5. The van der Waals surface area contributed by atoms with Crippen molar-refractivity contribution in [2.45, 2.75) is 76.8 Å². The molecule has 1 amide bonds. The summed E-state index contributed by atoms with van der Waals surface area (Å²) in [6, 6.07) is 2.29. The van der Waals surface area contributed by atoms with E-state index in [-0.39, 0.29) is 29.5 Å². The Labute approximate surface area is 168 Å². The molecule has 6 heteroatoms. The second kappa shape index (κ2) is 8.16. The zero-order chi connectivity index (χ0) is 19.8. The van der Waals surface area contributed by atoms with E-state index in [0.29, 0.717) is 12.2 Å². The van der Waals surface area contributed by atoms with Crippen molar-refractivity contribution in [3.8, 4) is 0 Å². The van der Waals surface area contributed by atoms with E-state index in [0.717, 1.165) is 25.7 Å². The third kappa shape index (κ3) is 4.53. The molecule has 1 unspecified atom stereocenters. The Kier molecular flexibility index (Phi) is 6.26. The highest BCUT2D eigenvalue weighted by Crippen LogP contribution is 2.33. The fourth-order valence-corrected chi connectivity index (χ4v) is 7.37. The molecule has 150 valence electrons. The van der Waals surface area contributed by atoms with Crippen LogP contribution in [0.5, 0.6) is 0 Å². The van der Waals surface area contributed by atoms with Gasteiger partial charge in [0.15, 0.2) is 9.84 Å². The second-order valence-electron chi connectivity index (χ2n) is 8.17. The summed E-state index contributed by atoms with van der Waals surface area (Å²) < 4.78 is 24.0. The molecule has 1 aliphatic heterocycles. The minimum absolute atomic E-state index is 0.104. The van der Waals surface area contributed by atoms with Crippen LogP contribution in [0.1, 0.15) is 54.4 Å². The Balaban J connectivity index is 1.78. The molecule has 0 bridgehead atoms. The van der Waals surface area contributed by atoms with Crippen molar-refractivity contribution in [1.82, 2.24) is 4.90 Å². The van der Waals surface area contributed by atoms with Crippen LogP contribution >= 0.6 is 11.8 Å². The normalized spacial score (nSPS) is 22.3. The molecule has 1 saturated carbocycles. The number of hydrogen-bond donors (Lipinski definition) is 0. The third-order valence-corrected chi connectivity index (χ3v) is 9.29. The summed E-state index contributed by atoms with van der Waals surface area (Å²) in [5.74, 6) is 0.849. The molecule has 1 saturated heterocycles. The quantitative estimate of drug-likeness (QED) is 0.691. The van der Waals surface area contributed by atoms with E-state index >= 15 is 0 Å². The zero-order valence-electron chi connectivity index (χ0n) is 16.9. The van der Waals surface area contributed by atoms with Crippen molar-refractivity contribution < 1.29 is 13.2 Å². The highest BCUT2D eigenvalue weighted by molar-refractivity contribution is 8.00. The molecule has 2 aliphatic rings. The van der Waals surface area contributed by atoms with Gasteiger partial charge in [0, 0.05) is 17.0 Å². The standard InChI is InChI=1S/C21H31NO3S2/c1-14-11-15(2)17(4)21(16(14)3)26-12-20(23)22(18-7-5-6-8-18)19-9-10-27(24,25)13-19/h11,18-19H,5-10,12-13H2,1-4H3. The Bertz CT molecular complexity index is 800. The number of nitrogens with zero attached hydrogens (tertiary/aromatic N) is 1. The molecule has 2 fully saturated rings. The van der Waals surface area contributed by atoms with Gasteiger partial charge < -0.3 is 4.90 Å². The summed E-state index contributed by atoms with van der Waals surface area (Å²) in [7, 11) is -3.00. The fraction of sp³-hybridized carbons (Fsp3) is 0.667. The first-order chi connectivity index (χ1) is 12.7. The summed E-state index contributed by atoms with van der Waals surface area (Å²) in [5.41, 5.74) is 4.99. The zero-order valence-corrected chi connectivity index (χ0v) is 18.5.